The molecule has 30 heavy (non-hydrogen) atoms. The molecule has 0 atom stereocenters. The SMILES string of the molecule is CC(=O)N1CCN(CCc2coc3cc(Oc4nc5ncccc5s4)ccc23)CC1. The smallest absolute Gasteiger partial charge is 0.281 e. The predicted molar refractivity (Wildman–Crippen MR) is 116 cm³/mol. The van der Waals surface area contributed by atoms with Gasteiger partial charge in [0.2, 0.25) is 5.91 Å². The summed E-state index contributed by atoms with van der Waals surface area (Å²) < 4.78 is 12.7. The molecule has 0 bridgehead atoms. The predicted octanol–water partition coefficient (Wildman–Crippen LogP) is 3.94. The number of carbonyl (C=O) groups excluding carboxylic acids is 1. The van der Waals surface area contributed by atoms with Gasteiger partial charge in [0.1, 0.15) is 11.3 Å². The van der Waals surface area contributed by atoms with Crippen LogP contribution in [0.25, 0.3) is 21.3 Å². The monoisotopic (exact) mass is 422 g/mol. The van der Waals surface area contributed by atoms with Gasteiger partial charge in [0.05, 0.1) is 11.0 Å². The van der Waals surface area contributed by atoms with Crippen LogP contribution < -0.4 is 4.74 Å². The van der Waals surface area contributed by atoms with Crippen LogP contribution in [0, 0.1) is 0 Å². The summed E-state index contributed by atoms with van der Waals surface area (Å²) in [5, 5.41) is 1.68. The third-order valence-corrected chi connectivity index (χ3v) is 6.38. The van der Waals surface area contributed by atoms with Gasteiger partial charge >= 0.3 is 0 Å². The lowest BCUT2D eigenvalue weighted by Crippen LogP contribution is -2.48. The number of aromatic nitrogens is 2. The molecule has 154 valence electrons. The van der Waals surface area contributed by atoms with Gasteiger partial charge < -0.3 is 14.1 Å². The summed E-state index contributed by atoms with van der Waals surface area (Å²) in [5.41, 5.74) is 2.70. The van der Waals surface area contributed by atoms with Gasteiger partial charge in [-0.3, -0.25) is 9.69 Å². The maximum atomic E-state index is 11.5. The zero-order valence-corrected chi connectivity index (χ0v) is 17.5. The van der Waals surface area contributed by atoms with E-state index in [-0.39, 0.29) is 5.91 Å². The van der Waals surface area contributed by atoms with Crippen molar-refractivity contribution < 1.29 is 13.9 Å². The highest BCUT2D eigenvalue weighted by molar-refractivity contribution is 7.20. The maximum absolute atomic E-state index is 11.5. The number of carbonyl (C=O) groups is 1. The van der Waals surface area contributed by atoms with Crippen LogP contribution in [0.2, 0.25) is 0 Å². The van der Waals surface area contributed by atoms with Crippen LogP contribution >= 0.6 is 11.3 Å². The molecular formula is C22H22N4O3S. The molecule has 0 radical (unpaired) electrons. The van der Waals surface area contributed by atoms with E-state index in [0.717, 1.165) is 54.8 Å². The fourth-order valence-corrected chi connectivity index (χ4v) is 4.57. The molecule has 3 aromatic heterocycles. The highest BCUT2D eigenvalue weighted by atomic mass is 32.1. The number of rotatable bonds is 5. The summed E-state index contributed by atoms with van der Waals surface area (Å²) >= 11 is 1.47. The van der Waals surface area contributed by atoms with Crippen LogP contribution in [0.5, 0.6) is 10.9 Å². The van der Waals surface area contributed by atoms with E-state index in [0.29, 0.717) is 16.6 Å². The number of thiazole rings is 1. The first-order valence-corrected chi connectivity index (χ1v) is 10.8. The van der Waals surface area contributed by atoms with E-state index in [9.17, 15) is 4.79 Å². The molecule has 1 aliphatic rings. The van der Waals surface area contributed by atoms with Crippen LogP contribution in [-0.4, -0.2) is 58.4 Å². The second-order valence-corrected chi connectivity index (χ2v) is 8.42. The molecular weight excluding hydrogens is 400 g/mol. The van der Waals surface area contributed by atoms with Gasteiger partial charge in [0.15, 0.2) is 5.65 Å². The van der Waals surface area contributed by atoms with Crippen molar-refractivity contribution in [1.82, 2.24) is 19.8 Å². The van der Waals surface area contributed by atoms with Gasteiger partial charge in [0.25, 0.3) is 5.19 Å². The Kier molecular flexibility index (Phi) is 5.10. The first kappa shape index (κ1) is 19.0. The average Bonchev–Trinajstić information content (AvgIpc) is 3.35. The van der Waals surface area contributed by atoms with Gasteiger partial charge in [-0.2, -0.15) is 4.98 Å². The van der Waals surface area contributed by atoms with E-state index in [1.54, 1.807) is 13.1 Å². The van der Waals surface area contributed by atoms with Crippen LogP contribution in [-0.2, 0) is 11.2 Å². The lowest BCUT2D eigenvalue weighted by Gasteiger charge is -2.34. The Hall–Kier alpha value is -2.97. The molecule has 1 saturated heterocycles. The quantitative estimate of drug-likeness (QED) is 0.485. The van der Waals surface area contributed by atoms with Crippen LogP contribution in [0.3, 0.4) is 0 Å². The number of benzene rings is 1. The summed E-state index contributed by atoms with van der Waals surface area (Å²) in [6, 6.07) is 9.78. The topological polar surface area (TPSA) is 71.7 Å². The van der Waals surface area contributed by atoms with E-state index in [4.69, 9.17) is 9.15 Å². The van der Waals surface area contributed by atoms with Gasteiger partial charge in [-0.25, -0.2) is 4.98 Å². The molecule has 0 aliphatic carbocycles. The second-order valence-electron chi connectivity index (χ2n) is 7.42. The highest BCUT2D eigenvalue weighted by Crippen LogP contribution is 2.32. The first-order valence-electron chi connectivity index (χ1n) is 10.0. The average molecular weight is 423 g/mol. The lowest BCUT2D eigenvalue weighted by molar-refractivity contribution is -0.130. The lowest BCUT2D eigenvalue weighted by atomic mass is 10.1. The molecule has 0 unspecified atom stereocenters. The minimum absolute atomic E-state index is 0.163. The largest absolute Gasteiger partial charge is 0.464 e. The minimum atomic E-state index is 0.163. The van der Waals surface area contributed by atoms with E-state index >= 15 is 0 Å². The summed E-state index contributed by atoms with van der Waals surface area (Å²) in [6.07, 6.45) is 4.48. The molecule has 0 N–H and O–H groups in total. The molecule has 1 aliphatic heterocycles. The van der Waals surface area contributed by atoms with Crippen molar-refractivity contribution >= 4 is 38.6 Å². The number of hydrogen-bond acceptors (Lipinski definition) is 7. The number of amides is 1. The van der Waals surface area contributed by atoms with E-state index in [2.05, 4.69) is 14.9 Å². The van der Waals surface area contributed by atoms with Crippen molar-refractivity contribution in [1.29, 1.82) is 0 Å². The fourth-order valence-electron chi connectivity index (χ4n) is 3.78. The van der Waals surface area contributed by atoms with Crippen LogP contribution in [0.15, 0.2) is 47.2 Å². The first-order chi connectivity index (χ1) is 14.7. The van der Waals surface area contributed by atoms with Gasteiger partial charge in [0, 0.05) is 57.3 Å². The molecule has 0 spiro atoms. The molecule has 1 fully saturated rings. The third kappa shape index (κ3) is 3.88. The normalized spacial score (nSPS) is 15.2. The van der Waals surface area contributed by atoms with Crippen molar-refractivity contribution in [3.05, 3.63) is 48.4 Å². The summed E-state index contributed by atoms with van der Waals surface area (Å²) in [4.78, 5) is 24.4. The number of hydrogen-bond donors (Lipinski definition) is 0. The van der Waals surface area contributed by atoms with Crippen molar-refractivity contribution in [3.8, 4) is 10.9 Å². The number of nitrogens with zero attached hydrogens (tertiary/aromatic N) is 4. The molecule has 0 saturated carbocycles. The number of ether oxygens (including phenoxy) is 1. The molecule has 5 rings (SSSR count). The van der Waals surface area contributed by atoms with Crippen molar-refractivity contribution in [2.75, 3.05) is 32.7 Å². The Morgan fingerprint density at radius 1 is 1.23 bits per heavy atom. The third-order valence-electron chi connectivity index (χ3n) is 5.49. The molecule has 1 amide bonds. The zero-order valence-electron chi connectivity index (χ0n) is 16.7. The minimum Gasteiger partial charge on any atom is -0.464 e. The Bertz CT molecular complexity index is 1160. The molecule has 7 nitrogen and oxygen atoms in total. The maximum Gasteiger partial charge on any atom is 0.281 e. The Morgan fingerprint density at radius 2 is 2.10 bits per heavy atom. The highest BCUT2D eigenvalue weighted by Gasteiger charge is 2.19. The molecule has 4 aromatic rings. The van der Waals surface area contributed by atoms with E-state index in [1.165, 1.54) is 16.9 Å². The number of piperazine rings is 1. The van der Waals surface area contributed by atoms with Gasteiger partial charge in [-0.15, -0.1) is 0 Å². The Morgan fingerprint density at radius 3 is 2.90 bits per heavy atom. The molecule has 4 heterocycles. The second kappa shape index (κ2) is 8.04. The standard InChI is InChI=1S/C22H22N4O3S/c1-15(27)26-11-9-25(10-12-26)8-6-16-14-28-19-13-17(4-5-18(16)19)29-22-24-21-20(30-22)3-2-7-23-21/h2-5,7,13-14H,6,8-12H2,1H3. The van der Waals surface area contributed by atoms with Gasteiger partial charge in [-0.1, -0.05) is 11.3 Å². The zero-order chi connectivity index (χ0) is 20.5. The van der Waals surface area contributed by atoms with Crippen molar-refractivity contribution in [2.45, 2.75) is 13.3 Å². The van der Waals surface area contributed by atoms with Crippen LogP contribution in [0.4, 0.5) is 0 Å². The number of fused-ring (bicyclic) bond motifs is 2. The number of furan rings is 1. The number of pyridine rings is 1. The van der Waals surface area contributed by atoms with Crippen molar-refractivity contribution in [3.63, 3.8) is 0 Å². The fraction of sp³-hybridized carbons (Fsp3) is 0.318. The van der Waals surface area contributed by atoms with Crippen LogP contribution in [0.1, 0.15) is 12.5 Å². The molecule has 1 aromatic carbocycles. The van der Waals surface area contributed by atoms with Gasteiger partial charge in [-0.05, 0) is 36.2 Å². The summed E-state index contributed by atoms with van der Waals surface area (Å²) in [5.74, 6) is 0.860. The Balaban J connectivity index is 1.24. The van der Waals surface area contributed by atoms with Crippen molar-refractivity contribution in [2.24, 2.45) is 0 Å². The van der Waals surface area contributed by atoms with E-state index in [1.807, 2.05) is 41.5 Å². The Labute approximate surface area is 177 Å². The summed E-state index contributed by atoms with van der Waals surface area (Å²) in [7, 11) is 0. The molecule has 8 heteroatoms. The summed E-state index contributed by atoms with van der Waals surface area (Å²) in [6.45, 7) is 6.05. The van der Waals surface area contributed by atoms with E-state index < -0.39 is 0 Å².